The van der Waals surface area contributed by atoms with Gasteiger partial charge in [0.2, 0.25) is 0 Å². The highest BCUT2D eigenvalue weighted by Crippen LogP contribution is 2.15. The van der Waals surface area contributed by atoms with Gasteiger partial charge in [-0.05, 0) is 5.56 Å². The molecule has 0 bridgehead atoms. The van der Waals surface area contributed by atoms with Gasteiger partial charge in [-0.15, -0.1) is 0 Å². The standard InChI is InChI=1S/C21H20N4O3/c26-21-18-20(23-19(24-21)17-9-5-2-6-10-17)25(14-22-18)15-28-12-11-27-13-16-7-3-1-4-8-16/h1-10,14H,11-13,15H2,(H,23,24,26). The Balaban J connectivity index is 1.37. The Labute approximate surface area is 161 Å². The normalized spacial score (nSPS) is 11.1. The molecule has 7 nitrogen and oxygen atoms in total. The van der Waals surface area contributed by atoms with Gasteiger partial charge in [0.15, 0.2) is 11.2 Å². The van der Waals surface area contributed by atoms with Gasteiger partial charge in [-0.3, -0.25) is 9.36 Å². The smallest absolute Gasteiger partial charge is 0.279 e. The van der Waals surface area contributed by atoms with Crippen LogP contribution in [0, 0.1) is 0 Å². The molecule has 0 saturated heterocycles. The number of fused-ring (bicyclic) bond motifs is 1. The summed E-state index contributed by atoms with van der Waals surface area (Å²) in [5.41, 5.74) is 2.48. The van der Waals surface area contributed by atoms with Crippen molar-refractivity contribution in [1.29, 1.82) is 0 Å². The molecule has 0 atom stereocenters. The van der Waals surface area contributed by atoms with Crippen LogP contribution in [0.4, 0.5) is 0 Å². The molecule has 7 heteroatoms. The molecular weight excluding hydrogens is 356 g/mol. The molecule has 2 aromatic heterocycles. The number of hydrogen-bond donors (Lipinski definition) is 1. The summed E-state index contributed by atoms with van der Waals surface area (Å²) in [6, 6.07) is 19.5. The minimum absolute atomic E-state index is 0.246. The van der Waals surface area contributed by atoms with Gasteiger partial charge in [-0.2, -0.15) is 0 Å². The van der Waals surface area contributed by atoms with Crippen molar-refractivity contribution >= 4 is 11.2 Å². The van der Waals surface area contributed by atoms with Gasteiger partial charge in [0.25, 0.3) is 5.56 Å². The van der Waals surface area contributed by atoms with E-state index >= 15 is 0 Å². The molecule has 0 spiro atoms. The van der Waals surface area contributed by atoms with E-state index in [1.807, 2.05) is 60.7 Å². The lowest BCUT2D eigenvalue weighted by atomic mass is 10.2. The number of aromatic amines is 1. The number of imidazole rings is 1. The van der Waals surface area contributed by atoms with Crippen molar-refractivity contribution < 1.29 is 9.47 Å². The zero-order chi connectivity index (χ0) is 19.2. The van der Waals surface area contributed by atoms with Gasteiger partial charge in [0.1, 0.15) is 12.6 Å². The largest absolute Gasteiger partial charge is 0.374 e. The number of hydrogen-bond acceptors (Lipinski definition) is 5. The molecule has 0 saturated carbocycles. The van der Waals surface area contributed by atoms with Crippen molar-refractivity contribution in [3.05, 3.63) is 82.9 Å². The summed E-state index contributed by atoms with van der Waals surface area (Å²) in [6.45, 7) is 1.71. The minimum atomic E-state index is -0.270. The second-order valence-electron chi connectivity index (χ2n) is 6.24. The van der Waals surface area contributed by atoms with E-state index in [0.29, 0.717) is 36.8 Å². The molecule has 28 heavy (non-hydrogen) atoms. The number of rotatable bonds is 8. The lowest BCUT2D eigenvalue weighted by molar-refractivity contribution is 0.0147. The first-order chi connectivity index (χ1) is 13.8. The lowest BCUT2D eigenvalue weighted by Crippen LogP contribution is -2.12. The third kappa shape index (κ3) is 4.16. The highest BCUT2D eigenvalue weighted by atomic mass is 16.5. The van der Waals surface area contributed by atoms with Gasteiger partial charge in [0.05, 0.1) is 26.1 Å². The summed E-state index contributed by atoms with van der Waals surface area (Å²) in [5.74, 6) is 0.506. The van der Waals surface area contributed by atoms with E-state index in [1.54, 1.807) is 10.9 Å². The molecule has 4 aromatic rings. The number of nitrogens with one attached hydrogen (secondary N) is 1. The van der Waals surface area contributed by atoms with Crippen molar-refractivity contribution in [2.24, 2.45) is 0 Å². The second kappa shape index (κ2) is 8.60. The van der Waals surface area contributed by atoms with Crippen LogP contribution in [-0.4, -0.2) is 32.7 Å². The van der Waals surface area contributed by atoms with Gasteiger partial charge in [-0.1, -0.05) is 60.7 Å². The third-order valence-electron chi connectivity index (χ3n) is 4.24. The van der Waals surface area contributed by atoms with Crippen molar-refractivity contribution in [2.45, 2.75) is 13.3 Å². The van der Waals surface area contributed by atoms with E-state index in [1.165, 1.54) is 0 Å². The first-order valence-corrected chi connectivity index (χ1v) is 9.01. The minimum Gasteiger partial charge on any atom is -0.374 e. The lowest BCUT2D eigenvalue weighted by Gasteiger charge is -2.08. The summed E-state index contributed by atoms with van der Waals surface area (Å²) < 4.78 is 13.0. The SMILES string of the molecule is O=c1[nH]c(-c2ccccc2)nc2c1ncn2COCCOCc1ccccc1. The van der Waals surface area contributed by atoms with Crippen molar-refractivity contribution in [3.8, 4) is 11.4 Å². The van der Waals surface area contributed by atoms with Crippen LogP contribution in [0.25, 0.3) is 22.6 Å². The average molecular weight is 376 g/mol. The first-order valence-electron chi connectivity index (χ1n) is 9.01. The molecule has 0 amide bonds. The molecule has 0 unspecified atom stereocenters. The molecule has 0 aliphatic carbocycles. The zero-order valence-corrected chi connectivity index (χ0v) is 15.2. The van der Waals surface area contributed by atoms with E-state index in [2.05, 4.69) is 15.0 Å². The van der Waals surface area contributed by atoms with Gasteiger partial charge in [-0.25, -0.2) is 9.97 Å². The summed E-state index contributed by atoms with van der Waals surface area (Å²) in [4.78, 5) is 23.8. The Morgan fingerprint density at radius 2 is 1.64 bits per heavy atom. The molecule has 1 N–H and O–H groups in total. The molecule has 0 aliphatic heterocycles. The molecule has 142 valence electrons. The first kappa shape index (κ1) is 18.1. The predicted molar refractivity (Wildman–Crippen MR) is 106 cm³/mol. The number of aromatic nitrogens is 4. The molecule has 0 aliphatic rings. The molecule has 4 rings (SSSR count). The highest BCUT2D eigenvalue weighted by Gasteiger charge is 2.11. The number of benzene rings is 2. The zero-order valence-electron chi connectivity index (χ0n) is 15.2. The van der Waals surface area contributed by atoms with E-state index in [9.17, 15) is 4.79 Å². The van der Waals surface area contributed by atoms with Crippen LogP contribution in [0.15, 0.2) is 71.8 Å². The summed E-state index contributed by atoms with van der Waals surface area (Å²) in [5, 5.41) is 0. The molecule has 2 heterocycles. The maximum atomic E-state index is 12.3. The predicted octanol–water partition coefficient (Wildman–Crippen LogP) is 2.98. The molecular formula is C21H20N4O3. The molecule has 0 radical (unpaired) electrons. The van der Waals surface area contributed by atoms with E-state index in [-0.39, 0.29) is 12.3 Å². The topological polar surface area (TPSA) is 82.0 Å². The van der Waals surface area contributed by atoms with Crippen LogP contribution in [0.5, 0.6) is 0 Å². The number of ether oxygens (including phenoxy) is 2. The number of H-pyrrole nitrogens is 1. The van der Waals surface area contributed by atoms with E-state index in [0.717, 1.165) is 11.1 Å². The van der Waals surface area contributed by atoms with Crippen LogP contribution >= 0.6 is 0 Å². The second-order valence-corrected chi connectivity index (χ2v) is 6.24. The summed E-state index contributed by atoms with van der Waals surface area (Å²) in [7, 11) is 0. The van der Waals surface area contributed by atoms with Crippen LogP contribution < -0.4 is 5.56 Å². The van der Waals surface area contributed by atoms with Gasteiger partial charge in [0, 0.05) is 5.56 Å². The van der Waals surface area contributed by atoms with Crippen LogP contribution in [0.3, 0.4) is 0 Å². The summed E-state index contributed by atoms with van der Waals surface area (Å²) >= 11 is 0. The van der Waals surface area contributed by atoms with Crippen LogP contribution in [0.2, 0.25) is 0 Å². The number of nitrogens with zero attached hydrogens (tertiary/aromatic N) is 3. The maximum absolute atomic E-state index is 12.3. The molecule has 2 aromatic carbocycles. The average Bonchev–Trinajstić information content (AvgIpc) is 3.15. The van der Waals surface area contributed by atoms with Crippen molar-refractivity contribution in [2.75, 3.05) is 13.2 Å². The Hall–Kier alpha value is -3.29. The summed E-state index contributed by atoms with van der Waals surface area (Å²) in [6.07, 6.45) is 1.56. The van der Waals surface area contributed by atoms with Crippen molar-refractivity contribution in [1.82, 2.24) is 19.5 Å². The monoisotopic (exact) mass is 376 g/mol. The maximum Gasteiger partial charge on any atom is 0.279 e. The van der Waals surface area contributed by atoms with Crippen LogP contribution in [-0.2, 0) is 22.8 Å². The fourth-order valence-corrected chi connectivity index (χ4v) is 2.83. The van der Waals surface area contributed by atoms with E-state index < -0.39 is 0 Å². The Morgan fingerprint density at radius 3 is 2.43 bits per heavy atom. The third-order valence-corrected chi connectivity index (χ3v) is 4.24. The van der Waals surface area contributed by atoms with Crippen LogP contribution in [0.1, 0.15) is 5.56 Å². The van der Waals surface area contributed by atoms with E-state index in [4.69, 9.17) is 9.47 Å². The Kier molecular flexibility index (Phi) is 5.56. The van der Waals surface area contributed by atoms with Crippen molar-refractivity contribution in [3.63, 3.8) is 0 Å². The van der Waals surface area contributed by atoms with Gasteiger partial charge >= 0.3 is 0 Å². The fraction of sp³-hybridized carbons (Fsp3) is 0.190. The quantitative estimate of drug-likeness (QED) is 0.478. The molecule has 0 fully saturated rings. The highest BCUT2D eigenvalue weighted by molar-refractivity contribution is 5.72. The Bertz CT molecular complexity index is 1090. The van der Waals surface area contributed by atoms with Gasteiger partial charge < -0.3 is 14.5 Å². The Morgan fingerprint density at radius 1 is 0.929 bits per heavy atom. The fourth-order valence-electron chi connectivity index (χ4n) is 2.83.